The van der Waals surface area contributed by atoms with E-state index in [0.717, 1.165) is 94.3 Å². The van der Waals surface area contributed by atoms with Gasteiger partial charge in [0, 0.05) is 36.9 Å². The number of nitrogens with zero attached hydrogens (tertiary/aromatic N) is 4. The van der Waals surface area contributed by atoms with Crippen molar-refractivity contribution in [2.24, 2.45) is 9.98 Å². The van der Waals surface area contributed by atoms with E-state index in [1.165, 1.54) is 9.75 Å². The summed E-state index contributed by atoms with van der Waals surface area (Å²) in [5.41, 5.74) is 12.2. The van der Waals surface area contributed by atoms with E-state index in [4.69, 9.17) is 14.5 Å². The summed E-state index contributed by atoms with van der Waals surface area (Å²) in [6, 6.07) is 58.5. The first kappa shape index (κ1) is 37.0. The number of aliphatic imine (C=N–C) groups is 2. The van der Waals surface area contributed by atoms with Gasteiger partial charge in [-0.3, -0.25) is 0 Å². The fraction of sp³-hybridized carbons (Fsp3) is 0.0189. The molecule has 296 valence electrons. The Labute approximate surface area is 367 Å². The molecule has 0 saturated carbocycles. The van der Waals surface area contributed by atoms with Gasteiger partial charge in [0.1, 0.15) is 6.61 Å². The van der Waals surface area contributed by atoms with Crippen molar-refractivity contribution in [3.8, 4) is 9.75 Å². The Hall–Kier alpha value is -6.77. The third-order valence-corrected chi connectivity index (χ3v) is 16.1. The number of aromatic nitrogens is 2. The lowest BCUT2D eigenvalue weighted by molar-refractivity contribution is 0.266. The fourth-order valence-electron chi connectivity index (χ4n) is 8.95. The van der Waals surface area contributed by atoms with Crippen molar-refractivity contribution in [1.29, 1.82) is 0 Å². The second-order valence-corrected chi connectivity index (χ2v) is 19.5. The molecule has 0 saturated heterocycles. The largest absolute Gasteiger partial charge is 0.495 e. The van der Waals surface area contributed by atoms with Gasteiger partial charge in [-0.2, -0.15) is 9.42 Å². The topological polar surface area (TPSA) is 64.0 Å². The van der Waals surface area contributed by atoms with Gasteiger partial charge >= 0.3 is 8.02 Å². The highest BCUT2D eigenvalue weighted by Gasteiger charge is 2.52. The minimum absolute atomic E-state index is 0.169. The van der Waals surface area contributed by atoms with Crippen LogP contribution in [-0.2, 0) is 11.1 Å². The molecule has 8 heterocycles. The van der Waals surface area contributed by atoms with Crippen molar-refractivity contribution >= 4 is 64.4 Å². The zero-order valence-corrected chi connectivity index (χ0v) is 35.7. The molecule has 4 aromatic heterocycles. The Morgan fingerprint density at radius 1 is 0.468 bits per heavy atom. The summed E-state index contributed by atoms with van der Waals surface area (Å²) in [6.07, 6.45) is 8.44. The molecule has 62 heavy (non-hydrogen) atoms. The Morgan fingerprint density at radius 3 is 1.42 bits per heavy atom. The van der Waals surface area contributed by atoms with Gasteiger partial charge in [0.2, 0.25) is 0 Å². The van der Waals surface area contributed by atoms with Gasteiger partial charge in [-0.05, 0) is 94.4 Å². The Kier molecular flexibility index (Phi) is 8.96. The maximum Gasteiger partial charge on any atom is 0.495 e. The summed E-state index contributed by atoms with van der Waals surface area (Å²) < 4.78 is 11.7. The predicted molar refractivity (Wildman–Crippen MR) is 256 cm³/mol. The van der Waals surface area contributed by atoms with E-state index in [2.05, 4.69) is 184 Å². The molecule has 9 heteroatoms. The third kappa shape index (κ3) is 6.03. The summed E-state index contributed by atoms with van der Waals surface area (Å²) in [7, 11) is -4.08. The van der Waals surface area contributed by atoms with E-state index in [0.29, 0.717) is 0 Å². The Bertz CT molecular complexity index is 3210. The lowest BCUT2D eigenvalue weighted by Crippen LogP contribution is -2.37. The number of thiophene rings is 2. The molecule has 6 nitrogen and oxygen atoms in total. The smallest absolute Gasteiger partial charge is 0.248 e. The van der Waals surface area contributed by atoms with Crippen LogP contribution in [0.4, 0.5) is 0 Å². The quantitative estimate of drug-likeness (QED) is 0.155. The molecule has 0 spiro atoms. The molecule has 0 aliphatic carbocycles. The van der Waals surface area contributed by atoms with Crippen molar-refractivity contribution in [2.75, 3.05) is 0 Å². The van der Waals surface area contributed by atoms with Gasteiger partial charge in [-0.1, -0.05) is 127 Å². The zero-order valence-electron chi connectivity index (χ0n) is 33.2. The average Bonchev–Trinajstić information content (AvgIpc) is 4.18. The maximum atomic E-state index is 14.7. The van der Waals surface area contributed by atoms with Crippen LogP contribution in [0.3, 0.4) is 0 Å². The van der Waals surface area contributed by atoms with Gasteiger partial charge in [0.25, 0.3) is 0 Å². The lowest BCUT2D eigenvalue weighted by atomic mass is 10.0. The van der Waals surface area contributed by atoms with Crippen molar-refractivity contribution in [2.45, 2.75) is 6.61 Å². The number of hydrogen-bond acceptors (Lipinski definition) is 6. The van der Waals surface area contributed by atoms with E-state index >= 15 is 0 Å². The van der Waals surface area contributed by atoms with Crippen LogP contribution in [-0.4, -0.2) is 25.0 Å². The third-order valence-electron chi connectivity index (χ3n) is 11.6. The van der Waals surface area contributed by atoms with Crippen LogP contribution >= 0.6 is 30.7 Å². The standard InChI is InChI=1S/C53H36N4O2PS2/c58-60(59-34-39-23-32-49(62-39)48-22-13-33-61-48)56-44-28-29-45(56)52(37-18-9-3-10-19-37)42-26-27-43(55-42)53(38-20-11-4-12-21-38)47-31-30-46(57(47)60)51(36-16-7-2-8-17-36)41-25-24-40(54-41)50(44)35-14-5-1-6-15-35/h1-33,58H,34H2/q+1. The summed E-state index contributed by atoms with van der Waals surface area (Å²) in [4.78, 5) is 29.1. The van der Waals surface area contributed by atoms with E-state index in [9.17, 15) is 4.89 Å². The van der Waals surface area contributed by atoms with E-state index in [1.54, 1.807) is 22.7 Å². The first-order chi connectivity index (χ1) is 30.6. The summed E-state index contributed by atoms with van der Waals surface area (Å²) in [5.74, 6) is 0. The second kappa shape index (κ2) is 15.0. The van der Waals surface area contributed by atoms with Crippen LogP contribution in [0, 0.1) is 0 Å². The molecule has 6 bridgehead atoms. The van der Waals surface area contributed by atoms with Crippen molar-refractivity contribution in [3.63, 3.8) is 0 Å². The van der Waals surface area contributed by atoms with Crippen molar-refractivity contribution in [3.05, 3.63) is 260 Å². The van der Waals surface area contributed by atoms with Crippen LogP contribution in [0.1, 0.15) is 38.5 Å². The molecular formula is C53H36N4O2PS2+. The summed E-state index contributed by atoms with van der Waals surface area (Å²) in [5, 5.41) is 3.67. The molecule has 0 amide bonds. The van der Waals surface area contributed by atoms with Gasteiger partial charge in [-0.15, -0.1) is 31.3 Å². The normalized spacial score (nSPS) is 17.5. The molecule has 0 radical (unpaired) electrons. The molecule has 8 aromatic rings. The number of rotatable bonds is 8. The SMILES string of the molecule is O[P+]1(OCc2ccc(-c3cccs3)s2)n2c3ccc2C(c2ccccc2)=C2C=CC(=N2)C(c2ccccc2)=c2ccc(n21)=C(c1ccccc1)C1=NC(=C3c2ccccc2)C=C1. The number of benzene rings is 4. The minimum atomic E-state index is -4.08. The zero-order chi connectivity index (χ0) is 41.2. The Morgan fingerprint density at radius 2 is 0.952 bits per heavy atom. The first-order valence-electron chi connectivity index (χ1n) is 20.5. The van der Waals surface area contributed by atoms with Gasteiger partial charge in [-0.25, -0.2) is 9.98 Å². The molecule has 4 aromatic carbocycles. The van der Waals surface area contributed by atoms with Crippen LogP contribution in [0.25, 0.3) is 32.0 Å². The highest BCUT2D eigenvalue weighted by Crippen LogP contribution is 2.62. The predicted octanol–water partition coefficient (Wildman–Crippen LogP) is 11.3. The number of allylic oxidation sites excluding steroid dienone is 4. The highest BCUT2D eigenvalue weighted by atomic mass is 32.1. The molecule has 4 aliphatic rings. The number of hydrogen-bond donors (Lipinski definition) is 1. The maximum absolute atomic E-state index is 14.7. The van der Waals surface area contributed by atoms with E-state index in [-0.39, 0.29) is 6.61 Å². The van der Waals surface area contributed by atoms with Gasteiger partial charge < -0.3 is 0 Å². The van der Waals surface area contributed by atoms with Crippen LogP contribution < -0.4 is 10.7 Å². The average molecular weight is 856 g/mol. The molecule has 1 N–H and O–H groups in total. The molecule has 1 unspecified atom stereocenters. The molecule has 1 atom stereocenters. The molecular weight excluding hydrogens is 820 g/mol. The van der Waals surface area contributed by atoms with Crippen LogP contribution in [0.15, 0.2) is 221 Å². The second-order valence-electron chi connectivity index (χ2n) is 15.3. The molecule has 12 rings (SSSR count). The van der Waals surface area contributed by atoms with Crippen LogP contribution in [0.5, 0.6) is 0 Å². The minimum Gasteiger partial charge on any atom is -0.248 e. The van der Waals surface area contributed by atoms with Gasteiger partial charge in [0.15, 0.2) is 0 Å². The number of fused-ring (bicyclic) bond motifs is 2. The Balaban J connectivity index is 1.28. The first-order valence-corrected chi connectivity index (χ1v) is 23.7. The summed E-state index contributed by atoms with van der Waals surface area (Å²) in [6.45, 7) is 0.169. The molecule has 0 fully saturated rings. The van der Waals surface area contributed by atoms with Crippen molar-refractivity contribution < 1.29 is 9.42 Å². The van der Waals surface area contributed by atoms with E-state index < -0.39 is 8.02 Å². The summed E-state index contributed by atoms with van der Waals surface area (Å²) >= 11 is 3.42. The highest BCUT2D eigenvalue weighted by molar-refractivity contribution is 7.62. The van der Waals surface area contributed by atoms with Crippen molar-refractivity contribution in [1.82, 2.24) is 8.68 Å². The lowest BCUT2D eigenvalue weighted by Gasteiger charge is -2.27. The fourth-order valence-corrected chi connectivity index (χ4v) is 13.3. The molecule has 4 aliphatic heterocycles. The monoisotopic (exact) mass is 855 g/mol. The van der Waals surface area contributed by atoms with Gasteiger partial charge in [0.05, 0.1) is 44.9 Å². The van der Waals surface area contributed by atoms with E-state index in [1.807, 2.05) is 24.3 Å². The van der Waals surface area contributed by atoms with Crippen LogP contribution in [0.2, 0.25) is 0 Å².